The summed E-state index contributed by atoms with van der Waals surface area (Å²) >= 11 is 0. The van der Waals surface area contributed by atoms with Crippen molar-refractivity contribution in [3.05, 3.63) is 29.8 Å². The highest BCUT2D eigenvalue weighted by molar-refractivity contribution is 7.90. The predicted molar refractivity (Wildman–Crippen MR) is 123 cm³/mol. The number of unbranched alkanes of at least 4 members (excludes halogenated alkanes) is 1. The lowest BCUT2D eigenvalue weighted by molar-refractivity contribution is -0.149. The number of carbonyl (C=O) groups is 1. The van der Waals surface area contributed by atoms with Crippen molar-refractivity contribution in [2.75, 3.05) is 45.5 Å². The van der Waals surface area contributed by atoms with Gasteiger partial charge in [0.05, 0.1) is 18.0 Å². The Morgan fingerprint density at radius 2 is 1.76 bits per heavy atom. The monoisotopic (exact) mass is 491 g/mol. The maximum Gasteiger partial charge on any atom is 0.401 e. The largest absolute Gasteiger partial charge is 0.401 e. The molecule has 0 aromatic heterocycles. The fourth-order valence-corrected chi connectivity index (χ4v) is 4.67. The van der Waals surface area contributed by atoms with Crippen molar-refractivity contribution in [1.29, 1.82) is 0 Å². The lowest BCUT2D eigenvalue weighted by Gasteiger charge is -2.30. The van der Waals surface area contributed by atoms with Gasteiger partial charge in [-0.2, -0.15) is 13.2 Å². The van der Waals surface area contributed by atoms with Gasteiger partial charge in [-0.1, -0.05) is 19.1 Å². The van der Waals surface area contributed by atoms with Crippen molar-refractivity contribution < 1.29 is 26.4 Å². The van der Waals surface area contributed by atoms with Crippen molar-refractivity contribution >= 4 is 15.7 Å². The highest BCUT2D eigenvalue weighted by Crippen LogP contribution is 2.20. The average molecular weight is 492 g/mol. The molecule has 1 aromatic rings. The molecule has 2 rings (SSSR count). The summed E-state index contributed by atoms with van der Waals surface area (Å²) in [7, 11) is -3.21. The Kier molecular flexibility index (Phi) is 9.75. The van der Waals surface area contributed by atoms with Gasteiger partial charge in [0.2, 0.25) is 5.91 Å². The van der Waals surface area contributed by atoms with E-state index in [2.05, 4.69) is 19.2 Å². The number of halogens is 3. The molecule has 1 amide bonds. The number of carbonyl (C=O) groups excluding carboxylic acids is 1. The van der Waals surface area contributed by atoms with Crippen molar-refractivity contribution in [3.8, 4) is 0 Å². The number of benzene rings is 1. The molecule has 0 aliphatic carbocycles. The number of alkyl halides is 3. The zero-order valence-electron chi connectivity index (χ0n) is 19.7. The van der Waals surface area contributed by atoms with Crippen LogP contribution in [0.2, 0.25) is 0 Å². The molecule has 10 heteroatoms. The molecule has 1 aliphatic heterocycles. The standard InChI is InChI=1S/C23H36F3N3O3S/c1-4-22(2,16-19-8-10-20(11-9-19)33(3,31)32)27-12-5-6-14-29-15-7-13-28(17-21(29)30)18-23(24,25)26/h8-11,27H,4-7,12-18H2,1-3H3. The number of nitrogens with zero attached hydrogens (tertiary/aromatic N) is 2. The van der Waals surface area contributed by atoms with Gasteiger partial charge < -0.3 is 10.2 Å². The fourth-order valence-electron chi connectivity index (χ4n) is 4.04. The van der Waals surface area contributed by atoms with Gasteiger partial charge in [0.25, 0.3) is 0 Å². The normalized spacial score (nSPS) is 18.2. The Morgan fingerprint density at radius 3 is 2.33 bits per heavy atom. The van der Waals surface area contributed by atoms with Crippen molar-refractivity contribution in [3.63, 3.8) is 0 Å². The van der Waals surface area contributed by atoms with E-state index in [1.54, 1.807) is 17.0 Å². The Bertz CT molecular complexity index is 875. The van der Waals surface area contributed by atoms with Crippen LogP contribution in [-0.2, 0) is 21.1 Å². The number of rotatable bonds is 11. The van der Waals surface area contributed by atoms with E-state index < -0.39 is 22.6 Å². The first-order valence-corrected chi connectivity index (χ1v) is 13.3. The number of hydrogen-bond acceptors (Lipinski definition) is 5. The molecule has 1 saturated heterocycles. The molecule has 1 fully saturated rings. The van der Waals surface area contributed by atoms with Crippen LogP contribution in [0.15, 0.2) is 29.2 Å². The van der Waals surface area contributed by atoms with E-state index in [1.165, 1.54) is 11.2 Å². The molecule has 1 unspecified atom stereocenters. The van der Waals surface area contributed by atoms with Gasteiger partial charge in [-0.25, -0.2) is 8.42 Å². The molecule has 1 heterocycles. The van der Waals surface area contributed by atoms with E-state index in [0.29, 0.717) is 24.4 Å². The molecule has 0 saturated carbocycles. The number of nitrogens with one attached hydrogen (secondary N) is 1. The number of amides is 1. The van der Waals surface area contributed by atoms with Crippen molar-refractivity contribution in [2.45, 2.75) is 62.6 Å². The van der Waals surface area contributed by atoms with Gasteiger partial charge >= 0.3 is 6.18 Å². The molecule has 0 radical (unpaired) electrons. The van der Waals surface area contributed by atoms with Crippen LogP contribution in [-0.4, -0.2) is 81.4 Å². The van der Waals surface area contributed by atoms with Gasteiger partial charge in [-0.05, 0) is 63.3 Å². The van der Waals surface area contributed by atoms with Gasteiger partial charge in [0.1, 0.15) is 0 Å². The van der Waals surface area contributed by atoms with Crippen LogP contribution >= 0.6 is 0 Å². The number of hydrogen-bond donors (Lipinski definition) is 1. The molecule has 1 N–H and O–H groups in total. The van der Waals surface area contributed by atoms with Gasteiger partial charge in [0, 0.05) is 31.4 Å². The summed E-state index contributed by atoms with van der Waals surface area (Å²) in [5.74, 6) is -0.236. The first-order valence-electron chi connectivity index (χ1n) is 11.4. The van der Waals surface area contributed by atoms with Crippen LogP contribution < -0.4 is 5.32 Å². The smallest absolute Gasteiger partial charge is 0.342 e. The summed E-state index contributed by atoms with van der Waals surface area (Å²) in [6.45, 7) is 5.10. The van der Waals surface area contributed by atoms with Crippen LogP contribution in [0.3, 0.4) is 0 Å². The second-order valence-corrected chi connectivity index (χ2v) is 11.2. The minimum atomic E-state index is -4.29. The van der Waals surface area contributed by atoms with E-state index in [-0.39, 0.29) is 24.5 Å². The van der Waals surface area contributed by atoms with E-state index >= 15 is 0 Å². The second-order valence-electron chi connectivity index (χ2n) is 9.20. The number of sulfone groups is 1. The Balaban J connectivity index is 1.76. The maximum atomic E-state index is 12.6. The van der Waals surface area contributed by atoms with Crippen LogP contribution in [0.5, 0.6) is 0 Å². The average Bonchev–Trinajstić information content (AvgIpc) is 2.87. The zero-order chi connectivity index (χ0) is 24.7. The molecule has 188 valence electrons. The van der Waals surface area contributed by atoms with E-state index in [4.69, 9.17) is 0 Å². The second kappa shape index (κ2) is 11.7. The summed E-state index contributed by atoms with van der Waals surface area (Å²) in [5, 5.41) is 3.58. The molecule has 33 heavy (non-hydrogen) atoms. The molecule has 0 spiro atoms. The van der Waals surface area contributed by atoms with Gasteiger partial charge in [-0.15, -0.1) is 0 Å². The minimum Gasteiger partial charge on any atom is -0.342 e. The molecular formula is C23H36F3N3O3S. The molecule has 1 aliphatic rings. The SMILES string of the molecule is CCC(C)(Cc1ccc(S(C)(=O)=O)cc1)NCCCCN1CCCN(CC(F)(F)F)CC1=O. The highest BCUT2D eigenvalue weighted by atomic mass is 32.2. The third-order valence-electron chi connectivity index (χ3n) is 6.15. The zero-order valence-corrected chi connectivity index (χ0v) is 20.6. The Morgan fingerprint density at radius 1 is 1.09 bits per heavy atom. The summed E-state index contributed by atoms with van der Waals surface area (Å²) in [6.07, 6.45) is 0.722. The maximum absolute atomic E-state index is 12.6. The molecule has 0 bridgehead atoms. The lowest BCUT2D eigenvalue weighted by Crippen LogP contribution is -2.44. The highest BCUT2D eigenvalue weighted by Gasteiger charge is 2.33. The fraction of sp³-hybridized carbons (Fsp3) is 0.696. The van der Waals surface area contributed by atoms with Gasteiger partial charge in [0.15, 0.2) is 9.84 Å². The summed E-state index contributed by atoms with van der Waals surface area (Å²) in [5.41, 5.74) is 0.904. The topological polar surface area (TPSA) is 69.7 Å². The third kappa shape index (κ3) is 9.62. The molecule has 6 nitrogen and oxygen atoms in total. The lowest BCUT2D eigenvalue weighted by atomic mass is 9.90. The quantitative estimate of drug-likeness (QED) is 0.481. The van der Waals surface area contributed by atoms with Crippen molar-refractivity contribution in [1.82, 2.24) is 15.1 Å². The van der Waals surface area contributed by atoms with E-state index in [0.717, 1.165) is 37.8 Å². The predicted octanol–water partition coefficient (Wildman–Crippen LogP) is 3.27. The first kappa shape index (κ1) is 27.6. The molecular weight excluding hydrogens is 455 g/mol. The summed E-state index contributed by atoms with van der Waals surface area (Å²) in [4.78, 5) is 15.5. The van der Waals surface area contributed by atoms with E-state index in [9.17, 15) is 26.4 Å². The van der Waals surface area contributed by atoms with Crippen LogP contribution in [0.25, 0.3) is 0 Å². The van der Waals surface area contributed by atoms with E-state index in [1.807, 2.05) is 12.1 Å². The first-order chi connectivity index (χ1) is 15.3. The van der Waals surface area contributed by atoms with Crippen LogP contribution in [0.4, 0.5) is 13.2 Å². The summed E-state index contributed by atoms with van der Waals surface area (Å²) in [6, 6.07) is 6.96. The third-order valence-corrected chi connectivity index (χ3v) is 7.28. The van der Waals surface area contributed by atoms with Crippen molar-refractivity contribution in [2.24, 2.45) is 0 Å². The van der Waals surface area contributed by atoms with Crippen LogP contribution in [0, 0.1) is 0 Å². The van der Waals surface area contributed by atoms with Crippen LogP contribution in [0.1, 0.15) is 45.1 Å². The summed E-state index contributed by atoms with van der Waals surface area (Å²) < 4.78 is 61.1. The Labute approximate surface area is 195 Å². The Hall–Kier alpha value is -1.65. The minimum absolute atomic E-state index is 0.150. The molecule has 1 atom stereocenters. The molecule has 1 aromatic carbocycles. The van der Waals surface area contributed by atoms with Gasteiger partial charge in [-0.3, -0.25) is 9.69 Å².